The molecule has 1 rings (SSSR count). The second kappa shape index (κ2) is 5.43. The van der Waals surface area contributed by atoms with Crippen LogP contribution in [0.2, 0.25) is 0 Å². The van der Waals surface area contributed by atoms with Crippen molar-refractivity contribution in [1.29, 1.82) is 0 Å². The zero-order chi connectivity index (χ0) is 11.3. The van der Waals surface area contributed by atoms with Crippen LogP contribution in [0.15, 0.2) is 24.3 Å². The predicted octanol–water partition coefficient (Wildman–Crippen LogP) is 2.04. The smallest absolute Gasteiger partial charge is 0.0578 e. The van der Waals surface area contributed by atoms with Crippen molar-refractivity contribution in [1.82, 2.24) is 5.32 Å². The van der Waals surface area contributed by atoms with Gasteiger partial charge in [-0.3, -0.25) is 5.32 Å². The molecule has 2 nitrogen and oxygen atoms in total. The minimum atomic E-state index is 0.303. The van der Waals surface area contributed by atoms with Crippen LogP contribution < -0.4 is 10.2 Å². The van der Waals surface area contributed by atoms with Crippen LogP contribution in [0.1, 0.15) is 18.5 Å². The van der Waals surface area contributed by atoms with E-state index in [-0.39, 0.29) is 0 Å². The fourth-order valence-electron chi connectivity index (χ4n) is 1.39. The molecule has 0 aliphatic heterocycles. The molecule has 0 aliphatic rings. The van der Waals surface area contributed by atoms with E-state index in [1.807, 2.05) is 14.1 Å². The Hall–Kier alpha value is -1.46. The molecule has 1 atom stereocenters. The highest BCUT2D eigenvalue weighted by atomic mass is 15.1. The summed E-state index contributed by atoms with van der Waals surface area (Å²) in [7, 11) is 4.07. The summed E-state index contributed by atoms with van der Waals surface area (Å²) in [6.45, 7) is 2.72. The molecule has 0 heterocycles. The minimum Gasteiger partial charge on any atom is -0.378 e. The lowest BCUT2D eigenvalue weighted by molar-refractivity contribution is 0.623. The Labute approximate surface area is 92.3 Å². The average molecular weight is 202 g/mol. The van der Waals surface area contributed by atoms with E-state index in [1.54, 1.807) is 0 Å². The highest BCUT2D eigenvalue weighted by Gasteiger charge is 2.03. The molecule has 0 fully saturated rings. The summed E-state index contributed by atoms with van der Waals surface area (Å²) in [4.78, 5) is 2.09. The van der Waals surface area contributed by atoms with E-state index < -0.39 is 0 Å². The summed E-state index contributed by atoms with van der Waals surface area (Å²) in [5, 5.41) is 3.25. The van der Waals surface area contributed by atoms with Crippen LogP contribution in [0, 0.1) is 12.3 Å². The quantitative estimate of drug-likeness (QED) is 0.752. The van der Waals surface area contributed by atoms with E-state index in [0.717, 1.165) is 0 Å². The van der Waals surface area contributed by atoms with Gasteiger partial charge in [0, 0.05) is 25.8 Å². The first-order valence-electron chi connectivity index (χ1n) is 5.09. The highest BCUT2D eigenvalue weighted by Crippen LogP contribution is 2.17. The lowest BCUT2D eigenvalue weighted by atomic mass is 10.1. The van der Waals surface area contributed by atoms with Gasteiger partial charge in [0.1, 0.15) is 0 Å². The lowest BCUT2D eigenvalue weighted by Gasteiger charge is -2.16. The second-order valence-electron chi connectivity index (χ2n) is 3.79. The van der Waals surface area contributed by atoms with Crippen molar-refractivity contribution in [2.75, 3.05) is 25.5 Å². The molecule has 15 heavy (non-hydrogen) atoms. The zero-order valence-electron chi connectivity index (χ0n) is 9.62. The first-order valence-corrected chi connectivity index (χ1v) is 5.09. The van der Waals surface area contributed by atoms with Crippen LogP contribution >= 0.6 is 0 Å². The predicted molar refractivity (Wildman–Crippen MR) is 66.0 cm³/mol. The Morgan fingerprint density at radius 2 is 1.93 bits per heavy atom. The molecule has 1 unspecified atom stereocenters. The third-order valence-corrected chi connectivity index (χ3v) is 2.42. The van der Waals surface area contributed by atoms with Crippen molar-refractivity contribution in [3.05, 3.63) is 29.8 Å². The maximum Gasteiger partial charge on any atom is 0.0578 e. The number of rotatable bonds is 4. The Bertz CT molecular complexity index is 333. The maximum atomic E-state index is 5.20. The van der Waals surface area contributed by atoms with Crippen LogP contribution in [-0.4, -0.2) is 20.6 Å². The Morgan fingerprint density at radius 3 is 2.40 bits per heavy atom. The van der Waals surface area contributed by atoms with Crippen molar-refractivity contribution in [3.63, 3.8) is 0 Å². The van der Waals surface area contributed by atoms with Gasteiger partial charge in [-0.2, -0.15) is 0 Å². The van der Waals surface area contributed by atoms with Crippen LogP contribution in [-0.2, 0) is 0 Å². The molecule has 0 bridgehead atoms. The van der Waals surface area contributed by atoms with Crippen LogP contribution in [0.25, 0.3) is 0 Å². The van der Waals surface area contributed by atoms with Gasteiger partial charge < -0.3 is 4.90 Å². The van der Waals surface area contributed by atoms with Crippen LogP contribution in [0.4, 0.5) is 5.69 Å². The molecule has 1 N–H and O–H groups in total. The van der Waals surface area contributed by atoms with Crippen molar-refractivity contribution in [3.8, 4) is 12.3 Å². The van der Waals surface area contributed by atoms with Gasteiger partial charge in [0.2, 0.25) is 0 Å². The molecular formula is C13H18N2. The normalized spacial score (nSPS) is 11.9. The molecule has 0 amide bonds. The molecule has 0 saturated carbocycles. The number of nitrogens with one attached hydrogen (secondary N) is 1. The van der Waals surface area contributed by atoms with E-state index in [9.17, 15) is 0 Å². The number of nitrogens with zero attached hydrogens (tertiary/aromatic N) is 1. The minimum absolute atomic E-state index is 0.303. The Kier molecular flexibility index (Phi) is 4.20. The monoisotopic (exact) mass is 202 g/mol. The molecular weight excluding hydrogens is 184 g/mol. The summed E-state index contributed by atoms with van der Waals surface area (Å²) in [5.74, 6) is 2.58. The van der Waals surface area contributed by atoms with E-state index in [1.165, 1.54) is 11.3 Å². The molecule has 2 heteroatoms. The first-order chi connectivity index (χ1) is 7.15. The number of anilines is 1. The average Bonchev–Trinajstić information content (AvgIpc) is 2.26. The standard InChI is InChI=1S/C13H18N2/c1-5-10-14-11(2)12-6-8-13(9-7-12)15(3)4/h1,6-9,11,14H,10H2,2-4H3. The molecule has 0 aliphatic carbocycles. The second-order valence-corrected chi connectivity index (χ2v) is 3.79. The van der Waals surface area contributed by atoms with Gasteiger partial charge in [-0.1, -0.05) is 18.1 Å². The van der Waals surface area contributed by atoms with Crippen molar-refractivity contribution < 1.29 is 0 Å². The molecule has 1 aromatic carbocycles. The summed E-state index contributed by atoms with van der Waals surface area (Å²) in [6, 6.07) is 8.79. The molecule has 80 valence electrons. The number of hydrogen-bond acceptors (Lipinski definition) is 2. The fraction of sp³-hybridized carbons (Fsp3) is 0.385. The summed E-state index contributed by atoms with van der Waals surface area (Å²) in [6.07, 6.45) is 5.20. The van der Waals surface area contributed by atoms with Gasteiger partial charge >= 0.3 is 0 Å². The molecule has 0 saturated heterocycles. The zero-order valence-corrected chi connectivity index (χ0v) is 9.62. The van der Waals surface area contributed by atoms with Gasteiger partial charge in [0.15, 0.2) is 0 Å². The lowest BCUT2D eigenvalue weighted by Crippen LogP contribution is -2.18. The number of terminal acetylenes is 1. The molecule has 0 aromatic heterocycles. The van der Waals surface area contributed by atoms with Crippen molar-refractivity contribution >= 4 is 5.69 Å². The van der Waals surface area contributed by atoms with Gasteiger partial charge in [-0.15, -0.1) is 6.42 Å². The molecule has 0 spiro atoms. The van der Waals surface area contributed by atoms with E-state index in [0.29, 0.717) is 12.6 Å². The van der Waals surface area contributed by atoms with Crippen LogP contribution in [0.3, 0.4) is 0 Å². The number of hydrogen-bond donors (Lipinski definition) is 1. The van der Waals surface area contributed by atoms with Gasteiger partial charge in [0.25, 0.3) is 0 Å². The third kappa shape index (κ3) is 3.30. The van der Waals surface area contributed by atoms with E-state index in [2.05, 4.69) is 47.3 Å². The first kappa shape index (κ1) is 11.6. The van der Waals surface area contributed by atoms with Crippen molar-refractivity contribution in [2.24, 2.45) is 0 Å². The fourth-order valence-corrected chi connectivity index (χ4v) is 1.39. The summed E-state index contributed by atoms with van der Waals surface area (Å²) >= 11 is 0. The van der Waals surface area contributed by atoms with Gasteiger partial charge in [-0.05, 0) is 24.6 Å². The van der Waals surface area contributed by atoms with Crippen molar-refractivity contribution in [2.45, 2.75) is 13.0 Å². The van der Waals surface area contributed by atoms with Gasteiger partial charge in [-0.25, -0.2) is 0 Å². The topological polar surface area (TPSA) is 15.3 Å². The Balaban J connectivity index is 2.67. The maximum absolute atomic E-state index is 5.20. The molecule has 1 aromatic rings. The van der Waals surface area contributed by atoms with E-state index in [4.69, 9.17) is 6.42 Å². The Morgan fingerprint density at radius 1 is 1.33 bits per heavy atom. The highest BCUT2D eigenvalue weighted by molar-refractivity contribution is 5.46. The third-order valence-electron chi connectivity index (χ3n) is 2.42. The SMILES string of the molecule is C#CCNC(C)c1ccc(N(C)C)cc1. The number of benzene rings is 1. The summed E-state index contributed by atoms with van der Waals surface area (Å²) < 4.78 is 0. The van der Waals surface area contributed by atoms with Crippen LogP contribution in [0.5, 0.6) is 0 Å². The van der Waals surface area contributed by atoms with Gasteiger partial charge in [0.05, 0.1) is 6.54 Å². The largest absolute Gasteiger partial charge is 0.378 e. The summed E-state index contributed by atoms with van der Waals surface area (Å²) in [5.41, 5.74) is 2.47. The van der Waals surface area contributed by atoms with E-state index >= 15 is 0 Å². The molecule has 0 radical (unpaired) electrons.